The zero-order chi connectivity index (χ0) is 8.97. The summed E-state index contributed by atoms with van der Waals surface area (Å²) in [7, 11) is 0. The fourth-order valence-electron chi connectivity index (χ4n) is 1.27. The monoisotopic (exact) mass is 169 g/mol. The Kier molecular flexibility index (Phi) is 3.14. The summed E-state index contributed by atoms with van der Waals surface area (Å²) in [4.78, 5) is 11.1. The molecule has 0 amide bonds. The lowest BCUT2D eigenvalue weighted by Gasteiger charge is -2.08. The number of hydrogen-bond acceptors (Lipinski definition) is 3. The van der Waals surface area contributed by atoms with E-state index in [4.69, 9.17) is 10.5 Å². The van der Waals surface area contributed by atoms with Gasteiger partial charge in [0.25, 0.3) is 0 Å². The summed E-state index contributed by atoms with van der Waals surface area (Å²) in [6.45, 7) is 2.13. The number of ether oxygens (including phenoxy) is 1. The number of nitrogens with two attached hydrogens (primary N) is 1. The highest BCUT2D eigenvalue weighted by Crippen LogP contribution is 2.15. The van der Waals surface area contributed by atoms with E-state index in [1.165, 1.54) is 6.08 Å². The summed E-state index contributed by atoms with van der Waals surface area (Å²) in [5.74, 6) is 0.283. The highest BCUT2D eigenvalue weighted by atomic mass is 16.5. The van der Waals surface area contributed by atoms with Gasteiger partial charge in [0.1, 0.15) is 0 Å². The summed E-state index contributed by atoms with van der Waals surface area (Å²) in [5.41, 5.74) is 5.34. The van der Waals surface area contributed by atoms with Crippen LogP contribution in [0.25, 0.3) is 0 Å². The number of hydrogen-bond donors (Lipinski definition) is 1. The third-order valence-corrected chi connectivity index (χ3v) is 1.95. The van der Waals surface area contributed by atoms with Crippen molar-refractivity contribution in [3.8, 4) is 0 Å². The molecule has 0 bridgehead atoms. The number of carbonyl (C=O) groups is 1. The molecule has 0 aromatic rings. The van der Waals surface area contributed by atoms with Gasteiger partial charge in [-0.1, -0.05) is 19.8 Å². The first-order valence-electron chi connectivity index (χ1n) is 4.41. The second-order valence-corrected chi connectivity index (χ2v) is 3.05. The molecule has 0 saturated heterocycles. The Morgan fingerprint density at radius 3 is 2.83 bits per heavy atom. The number of unbranched alkanes of at least 4 members (excludes halogenated alkanes) is 2. The Balaban J connectivity index is 2.23. The van der Waals surface area contributed by atoms with Crippen molar-refractivity contribution >= 4 is 5.78 Å². The van der Waals surface area contributed by atoms with E-state index in [2.05, 4.69) is 6.92 Å². The minimum absolute atomic E-state index is 0.0172. The summed E-state index contributed by atoms with van der Waals surface area (Å²) in [5, 5.41) is 0. The predicted molar refractivity (Wildman–Crippen MR) is 46.3 cm³/mol. The van der Waals surface area contributed by atoms with E-state index in [0.717, 1.165) is 25.7 Å². The van der Waals surface area contributed by atoms with Crippen LogP contribution in [0.2, 0.25) is 0 Å². The molecule has 0 aliphatic carbocycles. The van der Waals surface area contributed by atoms with Gasteiger partial charge >= 0.3 is 0 Å². The number of ketones is 1. The molecule has 1 unspecified atom stereocenters. The van der Waals surface area contributed by atoms with E-state index >= 15 is 0 Å². The molecule has 1 aliphatic heterocycles. The molecule has 0 aromatic heterocycles. The maximum absolute atomic E-state index is 11.1. The Morgan fingerprint density at radius 1 is 1.58 bits per heavy atom. The standard InChI is InChI=1S/C9H15NO2/c1-2-3-4-5-8-7(11)6-9(10)12-8/h6,8H,2-5,10H2,1H3. The van der Waals surface area contributed by atoms with Crippen molar-refractivity contribution in [2.45, 2.75) is 38.7 Å². The van der Waals surface area contributed by atoms with Gasteiger partial charge in [-0.05, 0) is 12.8 Å². The average Bonchev–Trinajstić information content (AvgIpc) is 2.31. The van der Waals surface area contributed by atoms with Crippen molar-refractivity contribution in [3.05, 3.63) is 12.0 Å². The summed E-state index contributed by atoms with van der Waals surface area (Å²) >= 11 is 0. The minimum Gasteiger partial charge on any atom is -0.468 e. The molecule has 1 heterocycles. The Hall–Kier alpha value is -0.990. The molecule has 1 rings (SSSR count). The van der Waals surface area contributed by atoms with Crippen molar-refractivity contribution in [1.29, 1.82) is 0 Å². The first kappa shape index (κ1) is 9.10. The quantitative estimate of drug-likeness (QED) is 0.646. The van der Waals surface area contributed by atoms with Crippen LogP contribution in [0.4, 0.5) is 0 Å². The summed E-state index contributed by atoms with van der Waals surface area (Å²) in [6.07, 6.45) is 5.21. The second kappa shape index (κ2) is 4.14. The van der Waals surface area contributed by atoms with Crippen LogP contribution in [0.15, 0.2) is 12.0 Å². The van der Waals surface area contributed by atoms with Crippen LogP contribution in [0, 0.1) is 0 Å². The molecule has 1 atom stereocenters. The van der Waals surface area contributed by atoms with Crippen molar-refractivity contribution in [2.24, 2.45) is 5.73 Å². The molecule has 0 spiro atoms. The van der Waals surface area contributed by atoms with Crippen LogP contribution in [0.3, 0.4) is 0 Å². The topological polar surface area (TPSA) is 52.3 Å². The zero-order valence-electron chi connectivity index (χ0n) is 7.38. The average molecular weight is 169 g/mol. The van der Waals surface area contributed by atoms with E-state index in [-0.39, 0.29) is 17.8 Å². The van der Waals surface area contributed by atoms with Crippen molar-refractivity contribution in [3.63, 3.8) is 0 Å². The predicted octanol–water partition coefficient (Wildman–Crippen LogP) is 1.33. The van der Waals surface area contributed by atoms with Gasteiger partial charge in [0.15, 0.2) is 12.0 Å². The fraction of sp³-hybridized carbons (Fsp3) is 0.667. The molecule has 3 nitrogen and oxygen atoms in total. The minimum atomic E-state index is -0.295. The van der Waals surface area contributed by atoms with E-state index in [1.54, 1.807) is 0 Å². The van der Waals surface area contributed by atoms with Gasteiger partial charge in [-0.2, -0.15) is 0 Å². The van der Waals surface area contributed by atoms with Crippen molar-refractivity contribution in [2.75, 3.05) is 0 Å². The molecule has 0 radical (unpaired) electrons. The van der Waals surface area contributed by atoms with Gasteiger partial charge in [0, 0.05) is 6.08 Å². The maximum Gasteiger partial charge on any atom is 0.201 e. The van der Waals surface area contributed by atoms with Crippen molar-refractivity contribution in [1.82, 2.24) is 0 Å². The highest BCUT2D eigenvalue weighted by molar-refractivity contribution is 5.95. The fourth-order valence-corrected chi connectivity index (χ4v) is 1.27. The summed E-state index contributed by atoms with van der Waals surface area (Å²) < 4.78 is 5.11. The Bertz CT molecular complexity index is 199. The van der Waals surface area contributed by atoms with Crippen molar-refractivity contribution < 1.29 is 9.53 Å². The molecule has 68 valence electrons. The molecule has 0 fully saturated rings. The second-order valence-electron chi connectivity index (χ2n) is 3.05. The normalized spacial score (nSPS) is 22.2. The first-order valence-corrected chi connectivity index (χ1v) is 4.41. The zero-order valence-corrected chi connectivity index (χ0v) is 7.38. The molecule has 1 aliphatic rings. The van der Waals surface area contributed by atoms with Crippen LogP contribution in [0.1, 0.15) is 32.6 Å². The molecular formula is C9H15NO2. The number of carbonyl (C=O) groups excluding carboxylic acids is 1. The maximum atomic E-state index is 11.1. The Morgan fingerprint density at radius 2 is 2.33 bits per heavy atom. The molecule has 2 N–H and O–H groups in total. The smallest absolute Gasteiger partial charge is 0.201 e. The Labute approximate surface area is 72.6 Å². The van der Waals surface area contributed by atoms with E-state index in [9.17, 15) is 4.79 Å². The van der Waals surface area contributed by atoms with Gasteiger partial charge in [-0.15, -0.1) is 0 Å². The highest BCUT2D eigenvalue weighted by Gasteiger charge is 2.24. The first-order chi connectivity index (χ1) is 5.74. The molecule has 0 saturated carbocycles. The third-order valence-electron chi connectivity index (χ3n) is 1.95. The largest absolute Gasteiger partial charge is 0.468 e. The molecule has 3 heteroatoms. The number of rotatable bonds is 4. The van der Waals surface area contributed by atoms with Gasteiger partial charge in [0.05, 0.1) is 0 Å². The summed E-state index contributed by atoms with van der Waals surface area (Å²) in [6, 6.07) is 0. The van der Waals surface area contributed by atoms with E-state index < -0.39 is 0 Å². The van der Waals surface area contributed by atoms with Crippen LogP contribution < -0.4 is 5.73 Å². The van der Waals surface area contributed by atoms with Crippen LogP contribution in [-0.2, 0) is 9.53 Å². The van der Waals surface area contributed by atoms with Crippen LogP contribution in [-0.4, -0.2) is 11.9 Å². The molecule has 0 aromatic carbocycles. The lowest BCUT2D eigenvalue weighted by Crippen LogP contribution is -2.16. The van der Waals surface area contributed by atoms with Gasteiger partial charge in [-0.3, -0.25) is 4.79 Å². The van der Waals surface area contributed by atoms with Crippen LogP contribution in [0.5, 0.6) is 0 Å². The van der Waals surface area contributed by atoms with E-state index in [0.29, 0.717) is 0 Å². The van der Waals surface area contributed by atoms with Gasteiger partial charge < -0.3 is 10.5 Å². The lowest BCUT2D eigenvalue weighted by atomic mass is 10.1. The third kappa shape index (κ3) is 2.26. The van der Waals surface area contributed by atoms with Crippen LogP contribution >= 0.6 is 0 Å². The SMILES string of the molecule is CCCCCC1OC(N)=CC1=O. The molecule has 12 heavy (non-hydrogen) atoms. The lowest BCUT2D eigenvalue weighted by molar-refractivity contribution is -0.120. The van der Waals surface area contributed by atoms with E-state index in [1.807, 2.05) is 0 Å². The van der Waals surface area contributed by atoms with Gasteiger partial charge in [-0.25, -0.2) is 0 Å². The van der Waals surface area contributed by atoms with Gasteiger partial charge in [0.2, 0.25) is 5.78 Å². The molecular weight excluding hydrogens is 154 g/mol.